The number of hydrogen-bond donors (Lipinski definition) is 0. The molecule has 0 amide bonds. The molecule has 0 radical (unpaired) electrons. The summed E-state index contributed by atoms with van der Waals surface area (Å²) >= 11 is 0. The Morgan fingerprint density at radius 1 is 0.576 bits per heavy atom. The van der Waals surface area contributed by atoms with Crippen LogP contribution in [0.2, 0.25) is 0 Å². The van der Waals surface area contributed by atoms with Gasteiger partial charge in [0.2, 0.25) is 0 Å². The summed E-state index contributed by atoms with van der Waals surface area (Å²) in [6, 6.07) is 39.8. The molecule has 0 atom stereocenters. The van der Waals surface area contributed by atoms with Gasteiger partial charge in [-0.05, 0) is 53.4 Å². The van der Waals surface area contributed by atoms with Gasteiger partial charge in [0.1, 0.15) is 0 Å². The summed E-state index contributed by atoms with van der Waals surface area (Å²) < 4.78 is 0. The molecule has 0 N–H and O–H groups in total. The van der Waals surface area contributed by atoms with Gasteiger partial charge in [0, 0.05) is 0 Å². The zero-order chi connectivity index (χ0) is 22.7. The van der Waals surface area contributed by atoms with E-state index >= 15 is 0 Å². The van der Waals surface area contributed by atoms with E-state index in [1.807, 2.05) is 0 Å². The molecule has 33 heavy (non-hydrogen) atoms. The Morgan fingerprint density at radius 3 is 1.82 bits per heavy atom. The van der Waals surface area contributed by atoms with E-state index in [1.165, 1.54) is 64.7 Å². The molecule has 0 saturated carbocycles. The van der Waals surface area contributed by atoms with Crippen molar-refractivity contribution < 1.29 is 0 Å². The second-order valence-corrected chi connectivity index (χ2v) is 10.6. The summed E-state index contributed by atoms with van der Waals surface area (Å²) in [6.45, 7) is 2.27. The van der Waals surface area contributed by atoms with Crippen molar-refractivity contribution in [3.8, 4) is 0 Å². The van der Waals surface area contributed by atoms with Gasteiger partial charge in [0.15, 0.2) is 0 Å². The predicted octanol–water partition coefficient (Wildman–Crippen LogP) is 7.74. The van der Waals surface area contributed by atoms with Crippen molar-refractivity contribution in [2.24, 2.45) is 0 Å². The highest BCUT2D eigenvalue weighted by atomic mass is 31.1. The number of rotatable bonds is 10. The molecule has 0 saturated heterocycles. The van der Waals surface area contributed by atoms with Gasteiger partial charge in [-0.3, -0.25) is 0 Å². The molecular weight excluding hydrogens is 415 g/mol. The first-order valence-electron chi connectivity index (χ1n) is 12.1. The molecule has 4 aromatic rings. The Balaban J connectivity index is 1.58. The van der Waals surface area contributed by atoms with Crippen LogP contribution in [-0.2, 0) is 6.42 Å². The number of benzene rings is 4. The molecule has 1 heteroatoms. The average molecular weight is 449 g/mol. The zero-order valence-corrected chi connectivity index (χ0v) is 20.4. The first-order chi connectivity index (χ1) is 16.3. The third-order valence-corrected chi connectivity index (χ3v) is 8.48. The SMILES string of the molecule is CCCCCCc1ccc(/C=C/c2ccccc2P(c2ccccc2)c2ccccc2)cc1. The minimum atomic E-state index is -0.614. The van der Waals surface area contributed by atoms with Crippen LogP contribution in [0, 0.1) is 0 Å². The van der Waals surface area contributed by atoms with Crippen LogP contribution in [0.3, 0.4) is 0 Å². The largest absolute Gasteiger partial charge is 0.0654 e. The first-order valence-corrected chi connectivity index (χ1v) is 13.5. The lowest BCUT2D eigenvalue weighted by Crippen LogP contribution is -2.22. The van der Waals surface area contributed by atoms with Crippen molar-refractivity contribution >= 4 is 36.0 Å². The van der Waals surface area contributed by atoms with Crippen molar-refractivity contribution in [2.45, 2.75) is 39.0 Å². The zero-order valence-electron chi connectivity index (χ0n) is 19.5. The molecule has 0 aromatic heterocycles. The average Bonchev–Trinajstić information content (AvgIpc) is 2.88. The predicted molar refractivity (Wildman–Crippen MR) is 148 cm³/mol. The van der Waals surface area contributed by atoms with Gasteiger partial charge in [0.25, 0.3) is 0 Å². The topological polar surface area (TPSA) is 0 Å². The lowest BCUT2D eigenvalue weighted by molar-refractivity contribution is 0.667. The highest BCUT2D eigenvalue weighted by molar-refractivity contribution is 7.80. The summed E-state index contributed by atoms with van der Waals surface area (Å²) in [5.74, 6) is 0. The molecule has 0 aliphatic carbocycles. The monoisotopic (exact) mass is 448 g/mol. The highest BCUT2D eigenvalue weighted by Crippen LogP contribution is 2.34. The van der Waals surface area contributed by atoms with Gasteiger partial charge < -0.3 is 0 Å². The van der Waals surface area contributed by atoms with Crippen molar-refractivity contribution in [3.05, 3.63) is 126 Å². The minimum Gasteiger partial charge on any atom is -0.0654 e. The molecule has 4 aromatic carbocycles. The Hall–Kier alpha value is -2.95. The van der Waals surface area contributed by atoms with E-state index in [2.05, 4.69) is 128 Å². The van der Waals surface area contributed by atoms with Gasteiger partial charge in [-0.25, -0.2) is 0 Å². The summed E-state index contributed by atoms with van der Waals surface area (Å²) in [6.07, 6.45) is 11.0. The van der Waals surface area contributed by atoms with Crippen LogP contribution in [0.25, 0.3) is 12.2 Å². The van der Waals surface area contributed by atoms with Crippen LogP contribution in [0.5, 0.6) is 0 Å². The van der Waals surface area contributed by atoms with E-state index in [0.29, 0.717) is 0 Å². The Bertz CT molecular complexity index is 1090. The van der Waals surface area contributed by atoms with Crippen LogP contribution >= 0.6 is 7.92 Å². The second kappa shape index (κ2) is 12.3. The smallest absolute Gasteiger partial charge is 0.00786 e. The molecule has 0 spiro atoms. The summed E-state index contributed by atoms with van der Waals surface area (Å²) in [5, 5.41) is 4.16. The molecule has 0 bridgehead atoms. The molecule has 0 heterocycles. The Kier molecular flexibility index (Phi) is 8.68. The van der Waals surface area contributed by atoms with Crippen molar-refractivity contribution in [1.29, 1.82) is 0 Å². The van der Waals surface area contributed by atoms with Crippen molar-refractivity contribution in [3.63, 3.8) is 0 Å². The van der Waals surface area contributed by atoms with E-state index in [9.17, 15) is 0 Å². The molecule has 0 unspecified atom stereocenters. The van der Waals surface area contributed by atoms with E-state index in [1.54, 1.807) is 0 Å². The lowest BCUT2D eigenvalue weighted by atomic mass is 10.0. The third kappa shape index (κ3) is 6.53. The first kappa shape index (κ1) is 23.2. The van der Waals surface area contributed by atoms with Crippen LogP contribution in [-0.4, -0.2) is 0 Å². The molecule has 0 aliphatic heterocycles. The highest BCUT2D eigenvalue weighted by Gasteiger charge is 2.18. The van der Waals surface area contributed by atoms with Crippen LogP contribution < -0.4 is 15.9 Å². The fourth-order valence-corrected chi connectivity index (χ4v) is 6.59. The van der Waals surface area contributed by atoms with Crippen molar-refractivity contribution in [2.75, 3.05) is 0 Å². The van der Waals surface area contributed by atoms with E-state index in [0.717, 1.165) is 0 Å². The van der Waals surface area contributed by atoms with Crippen molar-refractivity contribution in [1.82, 2.24) is 0 Å². The lowest BCUT2D eigenvalue weighted by Gasteiger charge is -2.21. The van der Waals surface area contributed by atoms with Gasteiger partial charge >= 0.3 is 0 Å². The number of aryl methyl sites for hydroxylation is 1. The fraction of sp³-hybridized carbons (Fsp3) is 0.188. The van der Waals surface area contributed by atoms with Gasteiger partial charge in [-0.2, -0.15) is 0 Å². The van der Waals surface area contributed by atoms with Gasteiger partial charge in [-0.15, -0.1) is 0 Å². The maximum Gasteiger partial charge on any atom is -0.00786 e. The number of unbranched alkanes of at least 4 members (excludes halogenated alkanes) is 3. The maximum absolute atomic E-state index is 2.30. The molecule has 0 nitrogen and oxygen atoms in total. The quantitative estimate of drug-likeness (QED) is 0.132. The molecule has 0 fully saturated rings. The summed E-state index contributed by atoms with van der Waals surface area (Å²) in [4.78, 5) is 0. The molecule has 0 aliphatic rings. The Morgan fingerprint density at radius 2 is 1.18 bits per heavy atom. The Labute approximate surface area is 200 Å². The minimum absolute atomic E-state index is 0.614. The second-order valence-electron chi connectivity index (χ2n) is 8.45. The number of hydrogen-bond acceptors (Lipinski definition) is 0. The normalized spacial score (nSPS) is 11.3. The van der Waals surface area contributed by atoms with Crippen LogP contribution in [0.1, 0.15) is 49.3 Å². The van der Waals surface area contributed by atoms with Gasteiger partial charge in [-0.1, -0.05) is 148 Å². The van der Waals surface area contributed by atoms with Crippen LogP contribution in [0.4, 0.5) is 0 Å². The van der Waals surface area contributed by atoms with E-state index < -0.39 is 7.92 Å². The van der Waals surface area contributed by atoms with E-state index in [4.69, 9.17) is 0 Å². The van der Waals surface area contributed by atoms with Crippen LogP contribution in [0.15, 0.2) is 109 Å². The molecule has 4 rings (SSSR count). The standard InChI is InChI=1S/C32H33P/c1-2-3-4-7-14-27-21-23-28(24-22-27)25-26-29-15-12-13-20-32(29)33(30-16-8-5-9-17-30)31-18-10-6-11-19-31/h5-6,8-13,15-26H,2-4,7,14H2,1H3/b26-25+. The van der Waals surface area contributed by atoms with E-state index in [-0.39, 0.29) is 0 Å². The van der Waals surface area contributed by atoms with Gasteiger partial charge in [0.05, 0.1) is 0 Å². The molecule has 166 valence electrons. The summed E-state index contributed by atoms with van der Waals surface area (Å²) in [7, 11) is -0.614. The third-order valence-electron chi connectivity index (χ3n) is 5.96. The maximum atomic E-state index is 2.30. The summed E-state index contributed by atoms with van der Waals surface area (Å²) in [5.41, 5.74) is 3.99. The molecular formula is C32H33P. The fourth-order valence-electron chi connectivity index (χ4n) is 4.15.